The van der Waals surface area contributed by atoms with Crippen LogP contribution < -0.4 is 5.32 Å². The molecule has 3 aromatic rings. The summed E-state index contributed by atoms with van der Waals surface area (Å²) in [7, 11) is 0. The predicted octanol–water partition coefficient (Wildman–Crippen LogP) is 5.09. The Morgan fingerprint density at radius 3 is 2.56 bits per heavy atom. The van der Waals surface area contributed by atoms with Crippen LogP contribution in [0.3, 0.4) is 0 Å². The Kier molecular flexibility index (Phi) is 4.95. The van der Waals surface area contributed by atoms with Crippen molar-refractivity contribution in [1.29, 1.82) is 0 Å². The highest BCUT2D eigenvalue weighted by Gasteiger charge is 2.13. The van der Waals surface area contributed by atoms with E-state index in [1.54, 1.807) is 6.07 Å². The molecule has 0 fully saturated rings. The largest absolute Gasteiger partial charge is 0.384 e. The maximum absolute atomic E-state index is 12.3. The second-order valence-corrected chi connectivity index (χ2v) is 5.99. The lowest BCUT2D eigenvalue weighted by Gasteiger charge is -2.07. The molecule has 0 unspecified atom stereocenters. The fourth-order valence-electron chi connectivity index (χ4n) is 2.59. The number of ketones is 1. The number of nitro benzene ring substituents is 1. The number of fused-ring (bicyclic) bond motifs is 1. The van der Waals surface area contributed by atoms with Gasteiger partial charge in [0.2, 0.25) is 0 Å². The Morgan fingerprint density at radius 2 is 1.80 bits per heavy atom. The molecule has 0 aliphatic carbocycles. The third-order valence-electron chi connectivity index (χ3n) is 3.90. The topological polar surface area (TPSA) is 72.2 Å². The van der Waals surface area contributed by atoms with Crippen LogP contribution in [0.4, 0.5) is 11.4 Å². The van der Waals surface area contributed by atoms with Crippen molar-refractivity contribution >= 4 is 39.5 Å². The van der Waals surface area contributed by atoms with Gasteiger partial charge in [0.1, 0.15) is 5.02 Å². The molecule has 0 aliphatic heterocycles. The van der Waals surface area contributed by atoms with Gasteiger partial charge < -0.3 is 5.32 Å². The summed E-state index contributed by atoms with van der Waals surface area (Å²) in [4.78, 5) is 22.7. The number of benzene rings is 3. The van der Waals surface area contributed by atoms with Gasteiger partial charge in [-0.25, -0.2) is 0 Å². The first-order valence-corrected chi connectivity index (χ1v) is 8.12. The Labute approximate surface area is 149 Å². The predicted molar refractivity (Wildman–Crippen MR) is 99.5 cm³/mol. The van der Waals surface area contributed by atoms with Gasteiger partial charge in [-0.1, -0.05) is 48.0 Å². The quantitative estimate of drug-likeness (QED) is 0.380. The van der Waals surface area contributed by atoms with Crippen molar-refractivity contribution in [3.8, 4) is 0 Å². The lowest BCUT2D eigenvalue weighted by atomic mass is 10.0. The van der Waals surface area contributed by atoms with Crippen molar-refractivity contribution in [2.24, 2.45) is 0 Å². The minimum atomic E-state index is -0.534. The van der Waals surface area contributed by atoms with Gasteiger partial charge in [-0.2, -0.15) is 0 Å². The number of hydrogen-bond acceptors (Lipinski definition) is 4. The van der Waals surface area contributed by atoms with Gasteiger partial charge in [0.15, 0.2) is 5.78 Å². The van der Waals surface area contributed by atoms with E-state index in [1.807, 2.05) is 42.5 Å². The third kappa shape index (κ3) is 3.95. The van der Waals surface area contributed by atoms with E-state index < -0.39 is 4.92 Å². The Balaban J connectivity index is 1.64. The normalized spacial score (nSPS) is 10.6. The number of rotatable bonds is 6. The number of nitrogens with one attached hydrogen (secondary N) is 1. The van der Waals surface area contributed by atoms with Crippen LogP contribution in [0.1, 0.15) is 16.8 Å². The lowest BCUT2D eigenvalue weighted by molar-refractivity contribution is -0.384. The zero-order valence-electron chi connectivity index (χ0n) is 13.2. The molecule has 3 rings (SSSR count). The monoisotopic (exact) mass is 354 g/mol. The van der Waals surface area contributed by atoms with Crippen molar-refractivity contribution in [2.75, 3.05) is 11.9 Å². The minimum Gasteiger partial charge on any atom is -0.384 e. The van der Waals surface area contributed by atoms with Crippen LogP contribution in [-0.4, -0.2) is 17.3 Å². The molecule has 0 radical (unpaired) electrons. The Morgan fingerprint density at radius 1 is 1.04 bits per heavy atom. The number of nitrogens with zero attached hydrogens (tertiary/aromatic N) is 1. The Bertz CT molecular complexity index is 956. The van der Waals surface area contributed by atoms with E-state index in [4.69, 9.17) is 11.6 Å². The van der Waals surface area contributed by atoms with Gasteiger partial charge in [-0.05, 0) is 29.0 Å². The van der Waals surface area contributed by atoms with Gasteiger partial charge >= 0.3 is 0 Å². The molecule has 0 heterocycles. The molecule has 0 spiro atoms. The molecule has 0 bridgehead atoms. The molecule has 0 saturated heterocycles. The molecule has 0 amide bonds. The fraction of sp³-hybridized carbons (Fsp3) is 0.105. The fourth-order valence-corrected chi connectivity index (χ4v) is 2.78. The van der Waals surface area contributed by atoms with Crippen molar-refractivity contribution in [3.63, 3.8) is 0 Å². The smallest absolute Gasteiger partial charge is 0.289 e. The van der Waals surface area contributed by atoms with Crippen LogP contribution in [0, 0.1) is 10.1 Å². The van der Waals surface area contributed by atoms with Gasteiger partial charge in [-0.3, -0.25) is 14.9 Å². The first kappa shape index (κ1) is 16.9. The van der Waals surface area contributed by atoms with Gasteiger partial charge in [0, 0.05) is 30.3 Å². The standard InChI is InChI=1S/C19H15ClN2O3/c20-17-8-7-16(12-18(17)22(24)25)21-10-9-19(23)15-6-5-13-3-1-2-4-14(13)11-15/h1-8,11-12,21H,9-10H2. The second-order valence-electron chi connectivity index (χ2n) is 5.59. The van der Waals surface area contributed by atoms with Crippen molar-refractivity contribution in [2.45, 2.75) is 6.42 Å². The molecule has 0 saturated carbocycles. The number of carbonyl (C=O) groups excluding carboxylic acids is 1. The summed E-state index contributed by atoms with van der Waals surface area (Å²) in [5, 5.41) is 16.1. The molecule has 0 aromatic heterocycles. The van der Waals surface area contributed by atoms with Crippen molar-refractivity contribution in [1.82, 2.24) is 0 Å². The van der Waals surface area contributed by atoms with Crippen molar-refractivity contribution in [3.05, 3.63) is 81.4 Å². The summed E-state index contributed by atoms with van der Waals surface area (Å²) in [5.74, 6) is 0.0155. The molecule has 0 aliphatic rings. The average molecular weight is 355 g/mol. The molecule has 3 aromatic carbocycles. The van der Waals surface area contributed by atoms with E-state index in [1.165, 1.54) is 12.1 Å². The summed E-state index contributed by atoms with van der Waals surface area (Å²) in [6, 6.07) is 18.0. The molecular formula is C19H15ClN2O3. The zero-order chi connectivity index (χ0) is 17.8. The maximum atomic E-state index is 12.3. The zero-order valence-corrected chi connectivity index (χ0v) is 14.0. The number of anilines is 1. The molecule has 0 atom stereocenters. The number of nitro groups is 1. The van der Waals surface area contributed by atoms with E-state index in [-0.39, 0.29) is 22.9 Å². The Hall–Kier alpha value is -2.92. The summed E-state index contributed by atoms with van der Waals surface area (Å²) in [6.45, 7) is 0.379. The van der Waals surface area contributed by atoms with Crippen LogP contribution in [0.25, 0.3) is 10.8 Å². The molecule has 1 N–H and O–H groups in total. The molecule has 5 nitrogen and oxygen atoms in total. The summed E-state index contributed by atoms with van der Waals surface area (Å²) in [6.07, 6.45) is 0.286. The highest BCUT2D eigenvalue weighted by atomic mass is 35.5. The summed E-state index contributed by atoms with van der Waals surface area (Å²) in [5.41, 5.74) is 1.05. The maximum Gasteiger partial charge on any atom is 0.289 e. The van der Waals surface area contributed by atoms with Crippen LogP contribution in [0.2, 0.25) is 5.02 Å². The van der Waals surface area contributed by atoms with E-state index in [0.29, 0.717) is 17.8 Å². The third-order valence-corrected chi connectivity index (χ3v) is 4.22. The minimum absolute atomic E-state index is 0.0155. The molecule has 25 heavy (non-hydrogen) atoms. The van der Waals surface area contributed by atoms with E-state index in [2.05, 4.69) is 5.32 Å². The first-order chi connectivity index (χ1) is 12.0. The lowest BCUT2D eigenvalue weighted by Crippen LogP contribution is -2.09. The first-order valence-electron chi connectivity index (χ1n) is 7.74. The SMILES string of the molecule is O=C(CCNc1ccc(Cl)c([N+](=O)[O-])c1)c1ccc2ccccc2c1. The van der Waals surface area contributed by atoms with Crippen LogP contribution in [0.15, 0.2) is 60.7 Å². The number of carbonyl (C=O) groups is 1. The summed E-state index contributed by atoms with van der Waals surface area (Å²) < 4.78 is 0. The molecule has 6 heteroatoms. The highest BCUT2D eigenvalue weighted by Crippen LogP contribution is 2.27. The average Bonchev–Trinajstić information content (AvgIpc) is 2.62. The van der Waals surface area contributed by atoms with Gasteiger partial charge in [0.05, 0.1) is 4.92 Å². The molecule has 126 valence electrons. The number of halogens is 1. The van der Waals surface area contributed by atoms with Crippen molar-refractivity contribution < 1.29 is 9.72 Å². The highest BCUT2D eigenvalue weighted by molar-refractivity contribution is 6.32. The van der Waals surface area contributed by atoms with Gasteiger partial charge in [0.25, 0.3) is 5.69 Å². The van der Waals surface area contributed by atoms with E-state index in [0.717, 1.165) is 10.8 Å². The van der Waals surface area contributed by atoms with Crippen LogP contribution in [0.5, 0.6) is 0 Å². The number of Topliss-reactive ketones (excluding diaryl/α,β-unsaturated/α-hetero) is 1. The van der Waals surface area contributed by atoms with Crippen LogP contribution in [-0.2, 0) is 0 Å². The van der Waals surface area contributed by atoms with Gasteiger partial charge in [-0.15, -0.1) is 0 Å². The van der Waals surface area contributed by atoms with E-state index in [9.17, 15) is 14.9 Å². The number of hydrogen-bond donors (Lipinski definition) is 1. The van der Waals surface area contributed by atoms with E-state index >= 15 is 0 Å². The van der Waals surface area contributed by atoms with Crippen LogP contribution >= 0.6 is 11.6 Å². The summed E-state index contributed by atoms with van der Waals surface area (Å²) >= 11 is 5.78. The molecular weight excluding hydrogens is 340 g/mol. The second kappa shape index (κ2) is 7.32.